The SMILES string of the molecule is C=C(NC(=O)c1csc(-c2nc3c(cc2O)-c2nc(cs2)C(=O)N[C@@H]([C@@H](C)O)C(=O)N/C(=C(\C)OC)c2nc(cs2)C(=O)N[C@@H]2c4nc(cs4)C(=O)N[C@@H](CSC(=O)c4c5c6c(cccc6n4O)COC(=O)[C@@H](O[C@H]4C[C@](C)(O)[C@H](N(C)C)[C@H](C)O4)[C@H]2OC5)c2nc-3cs2)n1)C(N)=O. The van der Waals surface area contributed by atoms with E-state index >= 15 is 19.2 Å². The number of aromatic nitrogens is 7. The van der Waals surface area contributed by atoms with Crippen LogP contribution in [-0.4, -0.2) is 182 Å². The number of aliphatic hydroxyl groups excluding tert-OH is 1. The molecule has 0 radical (unpaired) electrons. The van der Waals surface area contributed by atoms with Crippen LogP contribution in [-0.2, 0) is 51.3 Å². The Morgan fingerprint density at radius 3 is 2.24 bits per heavy atom. The van der Waals surface area contributed by atoms with Gasteiger partial charge in [-0.1, -0.05) is 30.5 Å². The van der Waals surface area contributed by atoms with Gasteiger partial charge in [-0.25, -0.2) is 34.7 Å². The third-order valence-electron chi connectivity index (χ3n) is 16.3. The first kappa shape index (κ1) is 68.9. The summed E-state index contributed by atoms with van der Waals surface area (Å²) in [4.78, 5) is 144. The van der Waals surface area contributed by atoms with Crippen molar-refractivity contribution in [3.63, 3.8) is 0 Å². The lowest BCUT2D eigenvalue weighted by Gasteiger charge is -2.48. The molecule has 12 bridgehead atoms. The number of likely N-dealkylation sites (N-methyl/N-ethyl adjacent to an activating group) is 1. The number of aliphatic hydroxyl groups is 2. The Kier molecular flexibility index (Phi) is 19.5. The number of hydrogen-bond donors (Lipinski definition) is 10. The number of nitrogens with one attached hydrogen (secondary N) is 5. The summed E-state index contributed by atoms with van der Waals surface area (Å²) in [6.07, 6.45) is -7.45. The van der Waals surface area contributed by atoms with E-state index in [4.69, 9.17) is 44.4 Å². The van der Waals surface area contributed by atoms with Crippen molar-refractivity contribution in [2.75, 3.05) is 27.0 Å². The van der Waals surface area contributed by atoms with Gasteiger partial charge in [-0.05, 0) is 59.5 Å². The number of methoxy groups -OCH3 is 1. The smallest absolute Gasteiger partial charge is 0.338 e. The molecule has 8 aromatic rings. The molecule has 1 aromatic carbocycles. The van der Waals surface area contributed by atoms with E-state index in [1.54, 1.807) is 56.4 Å². The largest absolute Gasteiger partial charge is 0.506 e. The highest BCUT2D eigenvalue weighted by Crippen LogP contribution is 2.43. The lowest BCUT2D eigenvalue weighted by atomic mass is 9.85. The van der Waals surface area contributed by atoms with E-state index in [2.05, 4.69) is 48.1 Å². The number of aromatic hydroxyl groups is 1. The summed E-state index contributed by atoms with van der Waals surface area (Å²) < 4.78 is 32.3. The molecule has 1 saturated heterocycles. The van der Waals surface area contributed by atoms with Crippen molar-refractivity contribution in [1.82, 2.24) is 66.1 Å². The number of ether oxygens (including phenoxy) is 5. The van der Waals surface area contributed by atoms with Gasteiger partial charge >= 0.3 is 5.97 Å². The molecular weight excluding hydrogens is 1390 g/mol. The fourth-order valence-corrected chi connectivity index (χ4v) is 16.9. The second-order valence-electron chi connectivity index (χ2n) is 23.3. The summed E-state index contributed by atoms with van der Waals surface area (Å²) in [6, 6.07) is 0.993. The van der Waals surface area contributed by atoms with Gasteiger partial charge in [0, 0.05) is 55.6 Å². The number of benzene rings is 1. The van der Waals surface area contributed by atoms with E-state index in [9.17, 15) is 39.7 Å². The Morgan fingerprint density at radius 2 is 1.53 bits per heavy atom. The number of hydrogen-bond acceptors (Lipinski definition) is 30. The van der Waals surface area contributed by atoms with E-state index in [1.807, 2.05) is 0 Å². The highest BCUT2D eigenvalue weighted by molar-refractivity contribution is 8.14. The molecule has 0 saturated carbocycles. The van der Waals surface area contributed by atoms with Gasteiger partial charge in [0.2, 0.25) is 11.0 Å². The van der Waals surface area contributed by atoms with Crippen LogP contribution in [0, 0.1) is 0 Å². The number of thioether (sulfide) groups is 1. The second kappa shape index (κ2) is 27.7. The second-order valence-corrected chi connectivity index (χ2v) is 28.7. The number of cyclic esters (lactones) is 1. The number of esters is 1. The van der Waals surface area contributed by atoms with Gasteiger partial charge in [0.15, 0.2) is 12.4 Å². The molecule has 0 unspecified atom stereocenters. The van der Waals surface area contributed by atoms with Crippen molar-refractivity contribution in [3.05, 3.63) is 124 Å². The third-order valence-corrected chi connectivity index (χ3v) is 21.7. The first-order chi connectivity index (χ1) is 46.7. The first-order valence-electron chi connectivity index (χ1n) is 29.7. The monoisotopic (exact) mass is 1450 g/mol. The van der Waals surface area contributed by atoms with Crippen LogP contribution < -0.4 is 32.3 Å². The van der Waals surface area contributed by atoms with Gasteiger partial charge in [0.25, 0.3) is 29.5 Å². The van der Waals surface area contributed by atoms with E-state index in [0.717, 1.165) is 56.7 Å². The number of rotatable bonds is 9. The molecule has 0 aliphatic carbocycles. The quantitative estimate of drug-likeness (QED) is 0.0408. The number of carbonyl (C=O) groups is 8. The zero-order valence-corrected chi connectivity index (χ0v) is 57.5. The summed E-state index contributed by atoms with van der Waals surface area (Å²) >= 11 is 5.28. The summed E-state index contributed by atoms with van der Waals surface area (Å²) in [5, 5.41) is 67.2. The molecule has 6 amide bonds. The number of thiazole rings is 5. The van der Waals surface area contributed by atoms with Crippen LogP contribution in [0.3, 0.4) is 0 Å². The highest BCUT2D eigenvalue weighted by atomic mass is 32.2. The predicted octanol–water partition coefficient (Wildman–Crippen LogP) is 4.61. The number of amides is 6. The lowest BCUT2D eigenvalue weighted by Crippen LogP contribution is -2.62. The standard InChI is InChI=1S/C61H60N14O17S6/c1-22(48(62)78)63-49(79)30-18-96-57(68-30)42-36(77)12-27-41(70-42)29-16-94-55(65-29)34-21-98-60(85)44-28-15-89-45(46(92-37-13-61(5,86)47(74(6)7)25(4)91-37)59(84)90-14-26-10-9-11-35(38(26)28)75(44)87)43(58-69-31(19-97-58)50(80)64-34)73-52(82)33-20-95-56(67-33)40(24(3)88-8)72-53(83)39(23(2)76)71-51(81)32-17-93-54(27)66-32/h9-12,16-20,23,25,34,37,39,43,45-47,76-77,86-87H,1,13-15,21H2,2-8H3,(H2,62,78)(H,63,79)(H,64,80)(H,71,81)(H,72,83)(H,73,82)/b40-24+/t23-,25+,34+,37+,39+,43+,45+,46+,47-,61+/m1/s1. The predicted molar refractivity (Wildman–Crippen MR) is 357 cm³/mol. The van der Waals surface area contributed by atoms with E-state index in [-0.39, 0.29) is 116 Å². The highest BCUT2D eigenvalue weighted by Gasteiger charge is 2.50. The Morgan fingerprint density at radius 1 is 0.867 bits per heavy atom. The Bertz CT molecular complexity index is 4610. The van der Waals surface area contributed by atoms with Crippen molar-refractivity contribution >= 4 is 132 Å². The average molecular weight is 1450 g/mol. The minimum atomic E-state index is -1.89. The van der Waals surface area contributed by atoms with Crippen molar-refractivity contribution in [2.24, 2.45) is 5.73 Å². The Labute approximate surface area is 579 Å². The molecule has 11 heterocycles. The van der Waals surface area contributed by atoms with Crippen LogP contribution in [0.25, 0.3) is 49.3 Å². The Balaban J connectivity index is 1.04. The van der Waals surface area contributed by atoms with Gasteiger partial charge in [-0.15, -0.1) is 56.7 Å². The van der Waals surface area contributed by atoms with Gasteiger partial charge in [-0.3, -0.25) is 33.6 Å². The number of primary amides is 1. The van der Waals surface area contributed by atoms with Crippen LogP contribution >= 0.6 is 68.4 Å². The molecule has 98 heavy (non-hydrogen) atoms. The maximum absolute atomic E-state index is 15.2. The molecule has 10 atom stereocenters. The van der Waals surface area contributed by atoms with Crippen molar-refractivity contribution in [2.45, 2.75) is 108 Å². The summed E-state index contributed by atoms with van der Waals surface area (Å²) in [5.41, 5.74) is 2.64. The molecule has 31 nitrogen and oxygen atoms in total. The number of nitrogens with zero attached hydrogens (tertiary/aromatic N) is 8. The van der Waals surface area contributed by atoms with Crippen LogP contribution in [0.15, 0.2) is 69.2 Å². The zero-order valence-electron chi connectivity index (χ0n) is 52.6. The summed E-state index contributed by atoms with van der Waals surface area (Å²) in [7, 11) is 4.86. The maximum atomic E-state index is 15.2. The number of nitrogens with two attached hydrogens (primary N) is 1. The van der Waals surface area contributed by atoms with Gasteiger partial charge < -0.3 is 81.4 Å². The summed E-state index contributed by atoms with van der Waals surface area (Å²) in [5.74, 6) is -7.24. The fourth-order valence-electron chi connectivity index (χ4n) is 11.7. The van der Waals surface area contributed by atoms with Crippen molar-refractivity contribution in [1.29, 1.82) is 0 Å². The van der Waals surface area contributed by atoms with Gasteiger partial charge in [0.1, 0.15) is 113 Å². The van der Waals surface area contributed by atoms with E-state index in [0.29, 0.717) is 22.1 Å². The van der Waals surface area contributed by atoms with E-state index in [1.165, 1.54) is 48.5 Å². The van der Waals surface area contributed by atoms with Crippen LogP contribution in [0.5, 0.6) is 5.75 Å². The van der Waals surface area contributed by atoms with Crippen LogP contribution in [0.4, 0.5) is 0 Å². The topological polar surface area (TPSA) is 435 Å². The first-order valence-corrected chi connectivity index (χ1v) is 35.1. The molecule has 11 N–H and O–H groups in total. The molecule has 4 aliphatic heterocycles. The molecule has 12 rings (SSSR count). The average Bonchev–Trinajstić information content (AvgIpc) is 1.57. The maximum Gasteiger partial charge on any atom is 0.338 e. The molecule has 0 spiro atoms. The molecular formula is C61H60N14O17S6. The number of pyridine rings is 1. The molecule has 7 aromatic heterocycles. The number of fused-ring (bicyclic) bond motifs is 15. The molecule has 4 aliphatic rings. The minimum absolute atomic E-state index is 0.00405. The van der Waals surface area contributed by atoms with Crippen molar-refractivity contribution in [3.8, 4) is 38.4 Å². The molecule has 37 heteroatoms. The van der Waals surface area contributed by atoms with Crippen LogP contribution in [0.1, 0.15) is 125 Å². The lowest BCUT2D eigenvalue weighted by molar-refractivity contribution is -0.280. The number of allylic oxidation sites excluding steroid dienone is 1. The molecule has 512 valence electrons. The fraction of sp³-hybridized carbons (Fsp3) is 0.344. The zero-order chi connectivity index (χ0) is 69.9. The summed E-state index contributed by atoms with van der Waals surface area (Å²) in [6.45, 7) is 8.50. The number of carbonyl (C=O) groups excluding carboxylic acids is 8. The van der Waals surface area contributed by atoms with Crippen LogP contribution in [0.2, 0.25) is 0 Å². The third kappa shape index (κ3) is 13.5. The Hall–Kier alpha value is -8.99. The minimum Gasteiger partial charge on any atom is -0.506 e. The van der Waals surface area contributed by atoms with E-state index < -0.39 is 132 Å². The normalized spacial score (nSPS) is 24.1. The van der Waals surface area contributed by atoms with Crippen molar-refractivity contribution < 1.29 is 82.6 Å². The van der Waals surface area contributed by atoms with Gasteiger partial charge in [-0.2, -0.15) is 4.73 Å². The molecule has 1 fully saturated rings. The van der Waals surface area contributed by atoms with Gasteiger partial charge in [0.05, 0.1) is 54.8 Å².